The van der Waals surface area contributed by atoms with Crippen LogP contribution >= 0.6 is 0 Å². The third kappa shape index (κ3) is 3.48. The molecule has 0 aliphatic carbocycles. The van der Waals surface area contributed by atoms with E-state index in [0.717, 1.165) is 43.4 Å². The SMILES string of the molecule is O=C(NCCc1c[nH]c2ccccc12)[C@H](c1cccnc1)N1CCCC1. The Hall–Kier alpha value is -2.66. The number of nitrogens with one attached hydrogen (secondary N) is 2. The zero-order chi connectivity index (χ0) is 17.8. The molecule has 26 heavy (non-hydrogen) atoms. The molecule has 3 aromatic rings. The summed E-state index contributed by atoms with van der Waals surface area (Å²) in [6.45, 7) is 2.57. The van der Waals surface area contributed by atoms with Crippen LogP contribution in [0.3, 0.4) is 0 Å². The zero-order valence-corrected chi connectivity index (χ0v) is 14.8. The maximum atomic E-state index is 12.9. The number of nitrogens with zero attached hydrogens (tertiary/aromatic N) is 2. The Labute approximate surface area is 153 Å². The average Bonchev–Trinajstić information content (AvgIpc) is 3.34. The van der Waals surface area contributed by atoms with E-state index in [2.05, 4.69) is 32.3 Å². The fourth-order valence-corrected chi connectivity index (χ4v) is 3.82. The number of carbonyl (C=O) groups excluding carboxylic acids is 1. The number of hydrogen-bond donors (Lipinski definition) is 2. The van der Waals surface area contributed by atoms with Crippen molar-refractivity contribution in [3.63, 3.8) is 0 Å². The monoisotopic (exact) mass is 348 g/mol. The van der Waals surface area contributed by atoms with Crippen LogP contribution in [0.4, 0.5) is 0 Å². The molecular weight excluding hydrogens is 324 g/mol. The minimum absolute atomic E-state index is 0.0692. The van der Waals surface area contributed by atoms with Crippen LogP contribution in [0.5, 0.6) is 0 Å². The summed E-state index contributed by atoms with van der Waals surface area (Å²) in [7, 11) is 0. The lowest BCUT2D eigenvalue weighted by molar-refractivity contribution is -0.126. The van der Waals surface area contributed by atoms with Crippen molar-refractivity contribution in [2.75, 3.05) is 19.6 Å². The number of para-hydroxylation sites is 1. The van der Waals surface area contributed by atoms with Crippen molar-refractivity contribution in [2.24, 2.45) is 0 Å². The highest BCUT2D eigenvalue weighted by Crippen LogP contribution is 2.25. The first-order chi connectivity index (χ1) is 12.8. The van der Waals surface area contributed by atoms with E-state index in [1.54, 1.807) is 6.20 Å². The van der Waals surface area contributed by atoms with E-state index in [4.69, 9.17) is 0 Å². The number of amides is 1. The maximum absolute atomic E-state index is 12.9. The van der Waals surface area contributed by atoms with Gasteiger partial charge in [-0.1, -0.05) is 24.3 Å². The molecule has 3 heterocycles. The number of likely N-dealkylation sites (tertiary alicyclic amines) is 1. The average molecular weight is 348 g/mol. The van der Waals surface area contributed by atoms with Gasteiger partial charge in [0.25, 0.3) is 0 Å². The van der Waals surface area contributed by atoms with Crippen LogP contribution in [-0.2, 0) is 11.2 Å². The predicted molar refractivity (Wildman–Crippen MR) is 103 cm³/mol. The Balaban J connectivity index is 1.43. The van der Waals surface area contributed by atoms with Gasteiger partial charge in [0.05, 0.1) is 0 Å². The largest absolute Gasteiger partial charge is 0.361 e. The summed E-state index contributed by atoms with van der Waals surface area (Å²) in [5.41, 5.74) is 3.35. The predicted octanol–water partition coefficient (Wildman–Crippen LogP) is 3.06. The molecule has 1 aliphatic heterocycles. The van der Waals surface area contributed by atoms with E-state index in [1.807, 2.05) is 36.7 Å². The fourth-order valence-electron chi connectivity index (χ4n) is 3.82. The molecule has 1 aromatic carbocycles. The Morgan fingerprint density at radius 1 is 1.19 bits per heavy atom. The van der Waals surface area contributed by atoms with E-state index in [9.17, 15) is 4.79 Å². The number of pyridine rings is 1. The molecule has 5 heteroatoms. The number of aromatic nitrogens is 2. The molecule has 5 nitrogen and oxygen atoms in total. The van der Waals surface area contributed by atoms with Crippen LogP contribution in [0.25, 0.3) is 10.9 Å². The van der Waals surface area contributed by atoms with Gasteiger partial charge in [-0.25, -0.2) is 0 Å². The first kappa shape index (κ1) is 16.8. The first-order valence-corrected chi connectivity index (χ1v) is 9.29. The second kappa shape index (κ2) is 7.70. The molecule has 0 radical (unpaired) electrons. The summed E-state index contributed by atoms with van der Waals surface area (Å²) in [5.74, 6) is 0.0692. The quantitative estimate of drug-likeness (QED) is 0.720. The molecule has 1 amide bonds. The van der Waals surface area contributed by atoms with Crippen LogP contribution < -0.4 is 5.32 Å². The number of hydrogen-bond acceptors (Lipinski definition) is 3. The van der Waals surface area contributed by atoms with E-state index in [1.165, 1.54) is 10.9 Å². The lowest BCUT2D eigenvalue weighted by atomic mass is 10.1. The van der Waals surface area contributed by atoms with Gasteiger partial charge in [-0.3, -0.25) is 14.7 Å². The summed E-state index contributed by atoms with van der Waals surface area (Å²) < 4.78 is 0. The second-order valence-electron chi connectivity index (χ2n) is 6.83. The van der Waals surface area contributed by atoms with Crippen molar-refractivity contribution in [3.8, 4) is 0 Å². The van der Waals surface area contributed by atoms with Gasteiger partial charge in [0.15, 0.2) is 0 Å². The van der Waals surface area contributed by atoms with E-state index >= 15 is 0 Å². The van der Waals surface area contributed by atoms with Gasteiger partial charge >= 0.3 is 0 Å². The van der Waals surface area contributed by atoms with Gasteiger partial charge in [-0.2, -0.15) is 0 Å². The smallest absolute Gasteiger partial charge is 0.242 e. The van der Waals surface area contributed by atoms with Crippen LogP contribution in [0.15, 0.2) is 55.0 Å². The van der Waals surface area contributed by atoms with Crippen molar-refractivity contribution in [1.82, 2.24) is 20.2 Å². The van der Waals surface area contributed by atoms with Crippen LogP contribution in [0.1, 0.15) is 30.0 Å². The highest BCUT2D eigenvalue weighted by Gasteiger charge is 2.29. The number of carbonyl (C=O) groups is 1. The number of rotatable bonds is 6. The zero-order valence-electron chi connectivity index (χ0n) is 14.8. The summed E-state index contributed by atoms with van der Waals surface area (Å²) in [4.78, 5) is 22.7. The van der Waals surface area contributed by atoms with Crippen molar-refractivity contribution in [1.29, 1.82) is 0 Å². The molecule has 4 rings (SSSR count). The van der Waals surface area contributed by atoms with Crippen LogP contribution in [-0.4, -0.2) is 40.4 Å². The summed E-state index contributed by atoms with van der Waals surface area (Å²) in [5, 5.41) is 4.37. The number of benzene rings is 1. The Morgan fingerprint density at radius 2 is 2.04 bits per heavy atom. The topological polar surface area (TPSA) is 61.0 Å². The molecular formula is C21H24N4O. The number of fused-ring (bicyclic) bond motifs is 1. The summed E-state index contributed by atoms with van der Waals surface area (Å²) >= 11 is 0. The highest BCUT2D eigenvalue weighted by molar-refractivity contribution is 5.84. The molecule has 0 saturated carbocycles. The van der Waals surface area contributed by atoms with Gasteiger partial charge < -0.3 is 10.3 Å². The normalized spacial score (nSPS) is 16.0. The molecule has 2 N–H and O–H groups in total. The van der Waals surface area contributed by atoms with Gasteiger partial charge in [0.1, 0.15) is 6.04 Å². The summed E-state index contributed by atoms with van der Waals surface area (Å²) in [6.07, 6.45) is 8.71. The molecule has 0 bridgehead atoms. The van der Waals surface area contributed by atoms with Gasteiger partial charge in [-0.15, -0.1) is 0 Å². The van der Waals surface area contributed by atoms with E-state index in [-0.39, 0.29) is 11.9 Å². The molecule has 0 spiro atoms. The Kier molecular flexibility index (Phi) is 4.97. The minimum Gasteiger partial charge on any atom is -0.361 e. The third-order valence-corrected chi connectivity index (χ3v) is 5.12. The molecule has 2 aromatic heterocycles. The van der Waals surface area contributed by atoms with Gasteiger partial charge in [-0.05, 0) is 55.6 Å². The van der Waals surface area contributed by atoms with Crippen molar-refractivity contribution in [3.05, 3.63) is 66.1 Å². The molecule has 1 fully saturated rings. The molecule has 1 saturated heterocycles. The fraction of sp³-hybridized carbons (Fsp3) is 0.333. The molecule has 0 unspecified atom stereocenters. The Bertz CT molecular complexity index is 868. The lowest BCUT2D eigenvalue weighted by Crippen LogP contribution is -2.40. The van der Waals surface area contributed by atoms with Gasteiger partial charge in [0.2, 0.25) is 5.91 Å². The first-order valence-electron chi connectivity index (χ1n) is 9.29. The van der Waals surface area contributed by atoms with Crippen molar-refractivity contribution >= 4 is 16.8 Å². The van der Waals surface area contributed by atoms with Crippen LogP contribution in [0, 0.1) is 0 Å². The number of H-pyrrole nitrogens is 1. The lowest BCUT2D eigenvalue weighted by Gasteiger charge is -2.26. The second-order valence-corrected chi connectivity index (χ2v) is 6.83. The summed E-state index contributed by atoms with van der Waals surface area (Å²) in [6, 6.07) is 11.9. The van der Waals surface area contributed by atoms with Crippen molar-refractivity contribution in [2.45, 2.75) is 25.3 Å². The molecule has 134 valence electrons. The van der Waals surface area contributed by atoms with E-state index < -0.39 is 0 Å². The third-order valence-electron chi connectivity index (χ3n) is 5.12. The van der Waals surface area contributed by atoms with Gasteiger partial charge in [0, 0.05) is 36.0 Å². The molecule has 1 atom stereocenters. The standard InChI is InChI=1S/C21H24N4O/c26-21(20(25-12-3-4-13-25)17-6-5-10-22-14-17)23-11-9-16-15-24-19-8-2-1-7-18(16)19/h1-2,5-8,10,14-15,20,24H,3-4,9,11-13H2,(H,23,26)/t20-/m0/s1. The van der Waals surface area contributed by atoms with E-state index in [0.29, 0.717) is 6.54 Å². The molecule has 1 aliphatic rings. The van der Waals surface area contributed by atoms with Crippen LogP contribution in [0.2, 0.25) is 0 Å². The number of aromatic amines is 1. The Morgan fingerprint density at radius 3 is 2.85 bits per heavy atom. The van der Waals surface area contributed by atoms with Crippen molar-refractivity contribution < 1.29 is 4.79 Å². The minimum atomic E-state index is -0.242. The highest BCUT2D eigenvalue weighted by atomic mass is 16.2. The maximum Gasteiger partial charge on any atom is 0.242 e.